The zero-order valence-electron chi connectivity index (χ0n) is 9.92. The van der Waals surface area contributed by atoms with Crippen LogP contribution in [0.1, 0.15) is 48.4 Å². The van der Waals surface area contributed by atoms with Crippen molar-refractivity contribution in [3.63, 3.8) is 0 Å². The molecule has 86 valence electrons. The van der Waals surface area contributed by atoms with Gasteiger partial charge in [0.2, 0.25) is 0 Å². The maximum absolute atomic E-state index is 10.9. The van der Waals surface area contributed by atoms with Gasteiger partial charge in [0.1, 0.15) is 0 Å². The van der Waals surface area contributed by atoms with Crippen LogP contribution in [0.5, 0.6) is 0 Å². The van der Waals surface area contributed by atoms with Gasteiger partial charge in [-0.15, -0.1) is 0 Å². The number of fused-ring (bicyclic) bond motifs is 1. The molecule has 1 aromatic rings. The predicted molar refractivity (Wildman–Crippen MR) is 63.9 cm³/mol. The third kappa shape index (κ3) is 1.97. The number of carboxylic acid groups (broad SMARTS) is 1. The number of rotatable bonds is 3. The highest BCUT2D eigenvalue weighted by Crippen LogP contribution is 2.31. The van der Waals surface area contributed by atoms with Gasteiger partial charge in [-0.25, -0.2) is 0 Å². The van der Waals surface area contributed by atoms with E-state index in [0.717, 1.165) is 18.4 Å². The molecule has 1 aliphatic carbocycles. The van der Waals surface area contributed by atoms with Crippen LogP contribution < -0.4 is 0 Å². The summed E-state index contributed by atoms with van der Waals surface area (Å²) in [7, 11) is 0. The molecule has 0 aliphatic heterocycles. The summed E-state index contributed by atoms with van der Waals surface area (Å²) in [5, 5.41) is 9.00. The minimum absolute atomic E-state index is 0.177. The van der Waals surface area contributed by atoms with Crippen LogP contribution in [0.3, 0.4) is 0 Å². The second-order valence-corrected chi connectivity index (χ2v) is 4.85. The summed E-state index contributed by atoms with van der Waals surface area (Å²) in [6.07, 6.45) is 3.51. The van der Waals surface area contributed by atoms with E-state index in [1.165, 1.54) is 23.1 Å². The third-order valence-electron chi connectivity index (χ3n) is 3.39. The Morgan fingerprint density at radius 2 is 2.12 bits per heavy atom. The number of hydrogen-bond donors (Lipinski definition) is 1. The summed E-state index contributed by atoms with van der Waals surface area (Å²) < 4.78 is 0. The van der Waals surface area contributed by atoms with E-state index in [0.29, 0.717) is 5.92 Å². The van der Waals surface area contributed by atoms with E-state index in [4.69, 9.17) is 5.11 Å². The number of carbonyl (C=O) groups is 1. The van der Waals surface area contributed by atoms with E-state index in [-0.39, 0.29) is 6.42 Å². The third-order valence-corrected chi connectivity index (χ3v) is 3.39. The van der Waals surface area contributed by atoms with Crippen LogP contribution >= 0.6 is 0 Å². The smallest absolute Gasteiger partial charge is 0.307 e. The van der Waals surface area contributed by atoms with Gasteiger partial charge < -0.3 is 5.11 Å². The fraction of sp³-hybridized carbons (Fsp3) is 0.500. The molecular formula is C14H18O2. The SMILES string of the molecule is CC(C)c1ccc2c(c1CC(=O)O)CCC2. The lowest BCUT2D eigenvalue weighted by Crippen LogP contribution is -2.08. The first kappa shape index (κ1) is 11.2. The first-order valence-electron chi connectivity index (χ1n) is 5.95. The molecule has 1 aliphatic rings. The normalized spacial score (nSPS) is 14.2. The fourth-order valence-corrected chi connectivity index (χ4v) is 2.66. The molecule has 0 heterocycles. The Hall–Kier alpha value is -1.31. The summed E-state index contributed by atoms with van der Waals surface area (Å²) in [6.45, 7) is 4.25. The minimum Gasteiger partial charge on any atom is -0.481 e. The van der Waals surface area contributed by atoms with Gasteiger partial charge in [-0.05, 0) is 47.4 Å². The average molecular weight is 218 g/mol. The Labute approximate surface area is 96.3 Å². The monoisotopic (exact) mass is 218 g/mol. The van der Waals surface area contributed by atoms with Crippen LogP contribution in [0.2, 0.25) is 0 Å². The van der Waals surface area contributed by atoms with Crippen LogP contribution in [0, 0.1) is 0 Å². The zero-order valence-corrected chi connectivity index (χ0v) is 9.92. The molecule has 2 heteroatoms. The van der Waals surface area contributed by atoms with Gasteiger partial charge in [0.05, 0.1) is 6.42 Å². The second-order valence-electron chi connectivity index (χ2n) is 4.85. The molecule has 2 rings (SSSR count). The Morgan fingerprint density at radius 1 is 1.38 bits per heavy atom. The van der Waals surface area contributed by atoms with Crippen LogP contribution in [0.25, 0.3) is 0 Å². The molecule has 1 aromatic carbocycles. The average Bonchev–Trinajstić information content (AvgIpc) is 2.64. The van der Waals surface area contributed by atoms with E-state index in [1.807, 2.05) is 0 Å². The van der Waals surface area contributed by atoms with E-state index in [2.05, 4.69) is 26.0 Å². The molecule has 0 fully saturated rings. The molecule has 0 radical (unpaired) electrons. The van der Waals surface area contributed by atoms with Crippen LogP contribution in [0.15, 0.2) is 12.1 Å². The summed E-state index contributed by atoms with van der Waals surface area (Å²) in [5.74, 6) is -0.317. The lowest BCUT2D eigenvalue weighted by atomic mass is 9.89. The second kappa shape index (κ2) is 4.28. The summed E-state index contributed by atoms with van der Waals surface area (Å²) in [5.41, 5.74) is 4.97. The zero-order chi connectivity index (χ0) is 11.7. The predicted octanol–water partition coefficient (Wildman–Crippen LogP) is 2.93. The molecule has 0 atom stereocenters. The molecule has 0 amide bonds. The van der Waals surface area contributed by atoms with Crippen molar-refractivity contribution in [2.45, 2.75) is 45.4 Å². The Morgan fingerprint density at radius 3 is 2.75 bits per heavy atom. The molecule has 16 heavy (non-hydrogen) atoms. The van der Waals surface area contributed by atoms with Gasteiger partial charge in [-0.1, -0.05) is 26.0 Å². The molecule has 1 N–H and O–H groups in total. The summed E-state index contributed by atoms with van der Waals surface area (Å²) in [6, 6.07) is 4.30. The first-order chi connectivity index (χ1) is 7.59. The number of benzene rings is 1. The van der Waals surface area contributed by atoms with Crippen LogP contribution in [-0.4, -0.2) is 11.1 Å². The topological polar surface area (TPSA) is 37.3 Å². The fourth-order valence-electron chi connectivity index (χ4n) is 2.66. The number of carboxylic acids is 1. The lowest BCUT2D eigenvalue weighted by Gasteiger charge is -2.15. The van der Waals surface area contributed by atoms with Crippen LogP contribution in [0.4, 0.5) is 0 Å². The van der Waals surface area contributed by atoms with Crippen molar-refractivity contribution < 1.29 is 9.90 Å². The van der Waals surface area contributed by atoms with Crippen molar-refractivity contribution in [1.82, 2.24) is 0 Å². The number of aryl methyl sites for hydroxylation is 1. The maximum atomic E-state index is 10.9. The van der Waals surface area contributed by atoms with E-state index >= 15 is 0 Å². The molecule has 0 unspecified atom stereocenters. The van der Waals surface area contributed by atoms with Gasteiger partial charge in [0.25, 0.3) is 0 Å². The van der Waals surface area contributed by atoms with E-state index in [1.54, 1.807) is 0 Å². The van der Waals surface area contributed by atoms with E-state index < -0.39 is 5.97 Å². The van der Waals surface area contributed by atoms with Crippen molar-refractivity contribution in [1.29, 1.82) is 0 Å². The van der Waals surface area contributed by atoms with Gasteiger partial charge in [-0.2, -0.15) is 0 Å². The summed E-state index contributed by atoms with van der Waals surface area (Å²) in [4.78, 5) is 10.9. The number of hydrogen-bond acceptors (Lipinski definition) is 1. The van der Waals surface area contributed by atoms with Crippen molar-refractivity contribution in [3.8, 4) is 0 Å². The Balaban J connectivity index is 2.50. The van der Waals surface area contributed by atoms with Crippen molar-refractivity contribution >= 4 is 5.97 Å². The quantitative estimate of drug-likeness (QED) is 0.847. The van der Waals surface area contributed by atoms with Crippen molar-refractivity contribution in [2.24, 2.45) is 0 Å². The van der Waals surface area contributed by atoms with Crippen molar-refractivity contribution in [2.75, 3.05) is 0 Å². The van der Waals surface area contributed by atoms with Gasteiger partial charge in [-0.3, -0.25) is 4.79 Å². The highest BCUT2D eigenvalue weighted by Gasteiger charge is 2.20. The first-order valence-corrected chi connectivity index (χ1v) is 5.95. The lowest BCUT2D eigenvalue weighted by molar-refractivity contribution is -0.136. The highest BCUT2D eigenvalue weighted by atomic mass is 16.4. The molecule has 0 saturated heterocycles. The molecule has 0 aromatic heterocycles. The van der Waals surface area contributed by atoms with Gasteiger partial charge >= 0.3 is 5.97 Å². The molecule has 0 saturated carbocycles. The largest absolute Gasteiger partial charge is 0.481 e. The molecular weight excluding hydrogens is 200 g/mol. The van der Waals surface area contributed by atoms with Crippen LogP contribution in [-0.2, 0) is 24.1 Å². The number of aliphatic carboxylic acids is 1. The van der Waals surface area contributed by atoms with Gasteiger partial charge in [0.15, 0.2) is 0 Å². The molecule has 0 spiro atoms. The van der Waals surface area contributed by atoms with E-state index in [9.17, 15) is 4.79 Å². The summed E-state index contributed by atoms with van der Waals surface area (Å²) >= 11 is 0. The Kier molecular flexibility index (Phi) is 2.99. The molecule has 0 bridgehead atoms. The Bertz CT molecular complexity index is 419. The minimum atomic E-state index is -0.720. The maximum Gasteiger partial charge on any atom is 0.307 e. The highest BCUT2D eigenvalue weighted by molar-refractivity contribution is 5.72. The van der Waals surface area contributed by atoms with Gasteiger partial charge in [0, 0.05) is 0 Å². The van der Waals surface area contributed by atoms with Crippen molar-refractivity contribution in [3.05, 3.63) is 34.4 Å². The molecule has 2 nitrogen and oxygen atoms in total. The standard InChI is InChI=1S/C14H18O2/c1-9(2)11-7-6-10-4-3-5-12(10)13(11)8-14(15)16/h6-7,9H,3-5,8H2,1-2H3,(H,15,16).